The molecule has 0 aliphatic heterocycles. The average Bonchev–Trinajstić information content (AvgIpc) is 2.35. The number of likely N-dealkylation sites (N-methyl/N-ethyl adjacent to an activating group) is 2. The van der Waals surface area contributed by atoms with Gasteiger partial charge in [0, 0.05) is 26.3 Å². The van der Waals surface area contributed by atoms with Gasteiger partial charge in [-0.25, -0.2) is 0 Å². The maximum Gasteiger partial charge on any atom is 0.272 e. The molecule has 4 heteroatoms. The minimum absolute atomic E-state index is 0.0319. The fraction of sp³-hybridized carbons (Fsp3) is 0.538. The van der Waals surface area contributed by atoms with Crippen LogP contribution in [0.15, 0.2) is 18.3 Å². The highest BCUT2D eigenvalue weighted by molar-refractivity contribution is 5.92. The largest absolute Gasteiger partial charge is 0.339 e. The molecule has 0 saturated carbocycles. The van der Waals surface area contributed by atoms with Gasteiger partial charge in [0.2, 0.25) is 0 Å². The summed E-state index contributed by atoms with van der Waals surface area (Å²) in [7, 11) is 3.66. The zero-order chi connectivity index (χ0) is 12.8. The molecule has 1 N–H and O–H groups in total. The van der Waals surface area contributed by atoms with Gasteiger partial charge in [-0.1, -0.05) is 19.9 Å². The number of nitrogens with zero attached hydrogens (tertiary/aromatic N) is 2. The average molecular weight is 235 g/mol. The third kappa shape index (κ3) is 3.82. The zero-order valence-electron chi connectivity index (χ0n) is 11.0. The molecule has 0 bridgehead atoms. The Labute approximate surface area is 103 Å². The highest BCUT2D eigenvalue weighted by atomic mass is 16.2. The van der Waals surface area contributed by atoms with Crippen molar-refractivity contribution in [2.75, 3.05) is 27.2 Å². The predicted octanol–water partition coefficient (Wildman–Crippen LogP) is 1.50. The van der Waals surface area contributed by atoms with Crippen LogP contribution in [0.5, 0.6) is 0 Å². The Bertz CT molecular complexity index is 359. The lowest BCUT2D eigenvalue weighted by Crippen LogP contribution is -2.33. The number of aromatic nitrogens is 1. The van der Waals surface area contributed by atoms with Gasteiger partial charge in [0.25, 0.3) is 5.91 Å². The topological polar surface area (TPSA) is 45.2 Å². The molecule has 0 aliphatic rings. The van der Waals surface area contributed by atoms with Crippen molar-refractivity contribution >= 4 is 5.91 Å². The summed E-state index contributed by atoms with van der Waals surface area (Å²) in [4.78, 5) is 17.9. The third-order valence-corrected chi connectivity index (χ3v) is 2.72. The van der Waals surface area contributed by atoms with Gasteiger partial charge in [0.15, 0.2) is 0 Å². The Morgan fingerprint density at radius 1 is 1.47 bits per heavy atom. The van der Waals surface area contributed by atoms with Gasteiger partial charge in [-0.2, -0.15) is 0 Å². The van der Waals surface area contributed by atoms with Gasteiger partial charge in [0.1, 0.15) is 5.69 Å². The number of hydrogen-bond donors (Lipinski definition) is 1. The molecule has 17 heavy (non-hydrogen) atoms. The Hall–Kier alpha value is -1.42. The summed E-state index contributed by atoms with van der Waals surface area (Å²) >= 11 is 0. The fourth-order valence-electron chi connectivity index (χ4n) is 1.45. The van der Waals surface area contributed by atoms with Crippen LogP contribution in [0.25, 0.3) is 0 Å². The number of hydrogen-bond acceptors (Lipinski definition) is 3. The Balaban J connectivity index is 2.69. The van der Waals surface area contributed by atoms with Crippen molar-refractivity contribution in [1.82, 2.24) is 15.2 Å². The highest BCUT2D eigenvalue weighted by Gasteiger charge is 2.12. The van der Waals surface area contributed by atoms with Crippen LogP contribution in [0.3, 0.4) is 0 Å². The van der Waals surface area contributed by atoms with Gasteiger partial charge >= 0.3 is 0 Å². The molecular weight excluding hydrogens is 214 g/mol. The SMILES string of the molecule is CNCCN(C)C(=O)c1ccc(C(C)C)cn1. The predicted molar refractivity (Wildman–Crippen MR) is 69.2 cm³/mol. The summed E-state index contributed by atoms with van der Waals surface area (Å²) in [5.41, 5.74) is 1.66. The van der Waals surface area contributed by atoms with E-state index < -0.39 is 0 Å². The minimum atomic E-state index is -0.0319. The second kappa shape index (κ2) is 6.35. The minimum Gasteiger partial charge on any atom is -0.339 e. The fourth-order valence-corrected chi connectivity index (χ4v) is 1.45. The van der Waals surface area contributed by atoms with Crippen molar-refractivity contribution in [2.45, 2.75) is 19.8 Å². The molecule has 0 radical (unpaired) electrons. The molecule has 1 rings (SSSR count). The maximum absolute atomic E-state index is 12.0. The van der Waals surface area contributed by atoms with Crippen LogP contribution >= 0.6 is 0 Å². The van der Waals surface area contributed by atoms with Crippen LogP contribution in [0, 0.1) is 0 Å². The standard InChI is InChI=1S/C13H21N3O/c1-10(2)11-5-6-12(15-9-11)13(17)16(4)8-7-14-3/h5-6,9-10,14H,7-8H2,1-4H3. The van der Waals surface area contributed by atoms with E-state index in [1.807, 2.05) is 13.1 Å². The third-order valence-electron chi connectivity index (χ3n) is 2.72. The molecule has 94 valence electrons. The summed E-state index contributed by atoms with van der Waals surface area (Å²) in [5.74, 6) is 0.407. The molecule has 0 spiro atoms. The number of carbonyl (C=O) groups excluding carboxylic acids is 1. The van der Waals surface area contributed by atoms with Gasteiger partial charge in [-0.15, -0.1) is 0 Å². The molecule has 0 saturated heterocycles. The van der Waals surface area contributed by atoms with E-state index in [0.29, 0.717) is 18.2 Å². The van der Waals surface area contributed by atoms with Crippen molar-refractivity contribution in [1.29, 1.82) is 0 Å². The second-order valence-electron chi connectivity index (χ2n) is 4.46. The van der Waals surface area contributed by atoms with Gasteiger partial charge in [-0.3, -0.25) is 9.78 Å². The molecule has 0 atom stereocenters. The Kier molecular flexibility index (Phi) is 5.10. The molecule has 1 aromatic heterocycles. The van der Waals surface area contributed by atoms with Crippen molar-refractivity contribution in [3.8, 4) is 0 Å². The molecule has 1 aromatic rings. The van der Waals surface area contributed by atoms with Crippen LogP contribution in [0.4, 0.5) is 0 Å². The van der Waals surface area contributed by atoms with Crippen molar-refractivity contribution in [3.63, 3.8) is 0 Å². The smallest absolute Gasteiger partial charge is 0.272 e. The molecular formula is C13H21N3O. The number of carbonyl (C=O) groups is 1. The molecule has 1 amide bonds. The van der Waals surface area contributed by atoms with E-state index in [1.165, 1.54) is 0 Å². The summed E-state index contributed by atoms with van der Waals surface area (Å²) in [5, 5.41) is 3.01. The summed E-state index contributed by atoms with van der Waals surface area (Å²) in [6.45, 7) is 5.68. The van der Waals surface area contributed by atoms with E-state index in [-0.39, 0.29) is 5.91 Å². The lowest BCUT2D eigenvalue weighted by Gasteiger charge is -2.16. The molecule has 0 aliphatic carbocycles. The summed E-state index contributed by atoms with van der Waals surface area (Å²) in [6, 6.07) is 3.77. The van der Waals surface area contributed by atoms with E-state index in [9.17, 15) is 4.79 Å². The first-order valence-corrected chi connectivity index (χ1v) is 5.92. The van der Waals surface area contributed by atoms with Crippen molar-refractivity contribution < 1.29 is 4.79 Å². The molecule has 0 unspecified atom stereocenters. The molecule has 0 fully saturated rings. The van der Waals surface area contributed by atoms with E-state index >= 15 is 0 Å². The molecule has 0 aromatic carbocycles. The monoisotopic (exact) mass is 235 g/mol. The van der Waals surface area contributed by atoms with Crippen LogP contribution in [-0.2, 0) is 0 Å². The number of amides is 1. The van der Waals surface area contributed by atoms with Crippen LogP contribution in [0.1, 0.15) is 35.8 Å². The zero-order valence-corrected chi connectivity index (χ0v) is 11.0. The molecule has 1 heterocycles. The van der Waals surface area contributed by atoms with E-state index in [4.69, 9.17) is 0 Å². The van der Waals surface area contributed by atoms with Crippen LogP contribution in [0.2, 0.25) is 0 Å². The first-order valence-electron chi connectivity index (χ1n) is 5.92. The lowest BCUT2D eigenvalue weighted by atomic mass is 10.1. The Morgan fingerprint density at radius 3 is 2.65 bits per heavy atom. The van der Waals surface area contributed by atoms with E-state index in [2.05, 4.69) is 24.1 Å². The first kappa shape index (κ1) is 13.6. The quantitative estimate of drug-likeness (QED) is 0.841. The highest BCUT2D eigenvalue weighted by Crippen LogP contribution is 2.13. The normalized spacial score (nSPS) is 10.6. The number of nitrogens with one attached hydrogen (secondary N) is 1. The van der Waals surface area contributed by atoms with Gasteiger partial charge in [0.05, 0.1) is 0 Å². The van der Waals surface area contributed by atoms with Crippen LogP contribution in [-0.4, -0.2) is 43.0 Å². The number of pyridine rings is 1. The lowest BCUT2D eigenvalue weighted by molar-refractivity contribution is 0.0791. The van der Waals surface area contributed by atoms with E-state index in [1.54, 1.807) is 24.2 Å². The van der Waals surface area contributed by atoms with Gasteiger partial charge < -0.3 is 10.2 Å². The number of rotatable bonds is 5. The van der Waals surface area contributed by atoms with Crippen molar-refractivity contribution in [3.05, 3.63) is 29.6 Å². The maximum atomic E-state index is 12.0. The van der Waals surface area contributed by atoms with Gasteiger partial charge in [-0.05, 0) is 24.6 Å². The van der Waals surface area contributed by atoms with E-state index in [0.717, 1.165) is 12.1 Å². The first-order chi connectivity index (χ1) is 8.06. The summed E-state index contributed by atoms with van der Waals surface area (Å²) in [6.07, 6.45) is 1.78. The van der Waals surface area contributed by atoms with Crippen molar-refractivity contribution in [2.24, 2.45) is 0 Å². The second-order valence-corrected chi connectivity index (χ2v) is 4.46. The Morgan fingerprint density at radius 2 is 2.18 bits per heavy atom. The summed E-state index contributed by atoms with van der Waals surface area (Å²) < 4.78 is 0. The molecule has 4 nitrogen and oxygen atoms in total. The van der Waals surface area contributed by atoms with Crippen LogP contribution < -0.4 is 5.32 Å².